The van der Waals surface area contributed by atoms with Gasteiger partial charge in [0.15, 0.2) is 0 Å². The highest BCUT2D eigenvalue weighted by molar-refractivity contribution is 5.81. The minimum absolute atomic E-state index is 0.0230. The summed E-state index contributed by atoms with van der Waals surface area (Å²) in [6.45, 7) is 7.01. The van der Waals surface area contributed by atoms with Gasteiger partial charge in [-0.05, 0) is 23.5 Å². The lowest BCUT2D eigenvalue weighted by Crippen LogP contribution is -2.41. The van der Waals surface area contributed by atoms with E-state index in [2.05, 4.69) is 38.1 Å². The Morgan fingerprint density at radius 3 is 2.32 bits per heavy atom. The Hall–Kier alpha value is -1.35. The van der Waals surface area contributed by atoms with Gasteiger partial charge in [0.05, 0.1) is 6.04 Å². The Balaban J connectivity index is 2.61. The third-order valence-corrected chi connectivity index (χ3v) is 3.36. The van der Waals surface area contributed by atoms with Crippen LogP contribution in [0.1, 0.15) is 50.7 Å². The van der Waals surface area contributed by atoms with Gasteiger partial charge in [-0.1, -0.05) is 51.5 Å². The normalized spacial score (nSPS) is 12.5. The molecule has 19 heavy (non-hydrogen) atoms. The topological polar surface area (TPSA) is 46.3 Å². The van der Waals surface area contributed by atoms with Gasteiger partial charge in [-0.3, -0.25) is 4.79 Å². The molecule has 1 aromatic rings. The number of carbonyl (C=O) groups excluding carboxylic acids is 1. The molecule has 3 heteroatoms. The summed E-state index contributed by atoms with van der Waals surface area (Å²) in [6, 6.07) is 8.06. The first-order valence-electron chi connectivity index (χ1n) is 7.05. The van der Waals surface area contributed by atoms with Crippen LogP contribution in [0.15, 0.2) is 24.3 Å². The summed E-state index contributed by atoms with van der Waals surface area (Å²) in [6.07, 6.45) is 1.68. The van der Waals surface area contributed by atoms with Crippen LogP contribution in [0, 0.1) is 0 Å². The molecule has 0 saturated heterocycles. The first-order valence-corrected chi connectivity index (χ1v) is 7.05. The van der Waals surface area contributed by atoms with Gasteiger partial charge in [-0.15, -0.1) is 0 Å². The van der Waals surface area contributed by atoms with Crippen LogP contribution in [0.5, 0.6) is 0 Å². The van der Waals surface area contributed by atoms with Gasteiger partial charge in [0, 0.05) is 13.6 Å². The molecule has 2 N–H and O–H groups in total. The fraction of sp³-hybridized carbons (Fsp3) is 0.562. The van der Waals surface area contributed by atoms with Crippen LogP contribution in [-0.2, 0) is 11.3 Å². The smallest absolute Gasteiger partial charge is 0.239 e. The number of hydrogen-bond donors (Lipinski definition) is 1. The Morgan fingerprint density at radius 1 is 1.26 bits per heavy atom. The summed E-state index contributed by atoms with van der Waals surface area (Å²) in [5.41, 5.74) is 8.32. The quantitative estimate of drug-likeness (QED) is 0.857. The second-order valence-corrected chi connectivity index (χ2v) is 5.49. The summed E-state index contributed by atoms with van der Waals surface area (Å²) in [5.74, 6) is 0.557. The van der Waals surface area contributed by atoms with E-state index in [4.69, 9.17) is 5.73 Å². The van der Waals surface area contributed by atoms with Crippen LogP contribution in [0.4, 0.5) is 0 Å². The molecule has 3 nitrogen and oxygen atoms in total. The van der Waals surface area contributed by atoms with Crippen LogP contribution in [-0.4, -0.2) is 23.9 Å². The van der Waals surface area contributed by atoms with E-state index in [1.54, 1.807) is 4.90 Å². The molecule has 0 heterocycles. The second-order valence-electron chi connectivity index (χ2n) is 5.49. The standard InChI is InChI=1S/C16H26N2O/c1-5-6-15(17)16(19)18(4)11-13-7-9-14(10-8-13)12(2)3/h7-10,12,15H,5-6,11,17H2,1-4H3/t15-/m0/s1. The highest BCUT2D eigenvalue weighted by atomic mass is 16.2. The monoisotopic (exact) mass is 262 g/mol. The predicted octanol–water partition coefficient (Wildman–Crippen LogP) is 2.90. The number of likely N-dealkylation sites (N-methyl/N-ethyl adjacent to an activating group) is 1. The highest BCUT2D eigenvalue weighted by Crippen LogP contribution is 2.15. The van der Waals surface area contributed by atoms with E-state index < -0.39 is 0 Å². The van der Waals surface area contributed by atoms with Gasteiger partial charge in [0.2, 0.25) is 5.91 Å². The van der Waals surface area contributed by atoms with Crippen LogP contribution >= 0.6 is 0 Å². The van der Waals surface area contributed by atoms with Crippen LogP contribution < -0.4 is 5.73 Å². The molecular weight excluding hydrogens is 236 g/mol. The van der Waals surface area contributed by atoms with Crippen molar-refractivity contribution in [3.63, 3.8) is 0 Å². The first-order chi connectivity index (χ1) is 8.95. The lowest BCUT2D eigenvalue weighted by Gasteiger charge is -2.21. The Morgan fingerprint density at radius 2 is 1.84 bits per heavy atom. The number of amides is 1. The fourth-order valence-corrected chi connectivity index (χ4v) is 2.08. The molecule has 0 aliphatic carbocycles. The lowest BCUT2D eigenvalue weighted by atomic mass is 10.0. The summed E-state index contributed by atoms with van der Waals surface area (Å²) in [4.78, 5) is 13.7. The van der Waals surface area contributed by atoms with E-state index in [-0.39, 0.29) is 11.9 Å². The third kappa shape index (κ3) is 4.67. The van der Waals surface area contributed by atoms with Crippen LogP contribution in [0.25, 0.3) is 0 Å². The molecule has 1 rings (SSSR count). The first kappa shape index (κ1) is 15.7. The molecule has 0 aliphatic heterocycles. The van der Waals surface area contributed by atoms with Gasteiger partial charge in [0.25, 0.3) is 0 Å². The van der Waals surface area contributed by atoms with Crippen molar-refractivity contribution < 1.29 is 4.79 Å². The highest BCUT2D eigenvalue weighted by Gasteiger charge is 2.17. The van der Waals surface area contributed by atoms with Crippen molar-refractivity contribution in [2.24, 2.45) is 5.73 Å². The maximum Gasteiger partial charge on any atom is 0.239 e. The molecule has 0 unspecified atom stereocenters. The molecule has 1 amide bonds. The second kappa shape index (κ2) is 7.29. The number of nitrogens with zero attached hydrogens (tertiary/aromatic N) is 1. The van der Waals surface area contributed by atoms with Gasteiger partial charge in [-0.25, -0.2) is 0 Å². The maximum absolute atomic E-state index is 12.0. The van der Waals surface area contributed by atoms with Crippen molar-refractivity contribution in [3.05, 3.63) is 35.4 Å². The predicted molar refractivity (Wildman–Crippen MR) is 79.9 cm³/mol. The fourth-order valence-electron chi connectivity index (χ4n) is 2.08. The van der Waals surface area contributed by atoms with Crippen molar-refractivity contribution in [2.45, 2.75) is 52.1 Å². The minimum atomic E-state index is -0.370. The SMILES string of the molecule is CCC[C@H](N)C(=O)N(C)Cc1ccc(C(C)C)cc1. The molecule has 0 bridgehead atoms. The molecule has 1 aromatic carbocycles. The summed E-state index contributed by atoms with van der Waals surface area (Å²) < 4.78 is 0. The van der Waals surface area contributed by atoms with Crippen molar-refractivity contribution in [1.29, 1.82) is 0 Å². The Labute approximate surface area is 116 Å². The number of hydrogen-bond acceptors (Lipinski definition) is 2. The number of rotatable bonds is 6. The number of carbonyl (C=O) groups is 1. The third-order valence-electron chi connectivity index (χ3n) is 3.36. The summed E-state index contributed by atoms with van der Waals surface area (Å²) >= 11 is 0. The largest absolute Gasteiger partial charge is 0.340 e. The summed E-state index contributed by atoms with van der Waals surface area (Å²) in [5, 5.41) is 0. The molecule has 106 valence electrons. The maximum atomic E-state index is 12.0. The Bertz CT molecular complexity index is 398. The van der Waals surface area contributed by atoms with Gasteiger partial charge in [0.1, 0.15) is 0 Å². The molecule has 0 spiro atoms. The molecule has 0 aromatic heterocycles. The average molecular weight is 262 g/mol. The molecular formula is C16H26N2O. The molecule has 0 radical (unpaired) electrons. The molecule has 0 fully saturated rings. The number of nitrogens with two attached hydrogens (primary N) is 1. The number of benzene rings is 1. The van der Waals surface area contributed by atoms with Crippen molar-refractivity contribution in [3.8, 4) is 0 Å². The molecule has 1 atom stereocenters. The van der Waals surface area contributed by atoms with Gasteiger partial charge >= 0.3 is 0 Å². The van der Waals surface area contributed by atoms with Gasteiger partial charge < -0.3 is 10.6 Å². The van der Waals surface area contributed by atoms with Crippen LogP contribution in [0.2, 0.25) is 0 Å². The van der Waals surface area contributed by atoms with E-state index >= 15 is 0 Å². The molecule has 0 saturated carbocycles. The van der Waals surface area contributed by atoms with E-state index in [0.29, 0.717) is 12.5 Å². The van der Waals surface area contributed by atoms with E-state index in [9.17, 15) is 4.79 Å². The lowest BCUT2D eigenvalue weighted by molar-refractivity contribution is -0.131. The minimum Gasteiger partial charge on any atom is -0.340 e. The van der Waals surface area contributed by atoms with Crippen molar-refractivity contribution >= 4 is 5.91 Å². The van der Waals surface area contributed by atoms with Gasteiger partial charge in [-0.2, -0.15) is 0 Å². The zero-order chi connectivity index (χ0) is 14.4. The average Bonchev–Trinajstić information content (AvgIpc) is 2.38. The van der Waals surface area contributed by atoms with E-state index in [0.717, 1.165) is 18.4 Å². The van der Waals surface area contributed by atoms with E-state index in [1.807, 2.05) is 14.0 Å². The van der Waals surface area contributed by atoms with Crippen LogP contribution in [0.3, 0.4) is 0 Å². The van der Waals surface area contributed by atoms with Crippen molar-refractivity contribution in [1.82, 2.24) is 4.90 Å². The van der Waals surface area contributed by atoms with E-state index in [1.165, 1.54) is 5.56 Å². The zero-order valence-corrected chi connectivity index (χ0v) is 12.5. The zero-order valence-electron chi connectivity index (χ0n) is 12.5. The van der Waals surface area contributed by atoms with Crippen molar-refractivity contribution in [2.75, 3.05) is 7.05 Å². The Kier molecular flexibility index (Phi) is 6.03. The molecule has 0 aliphatic rings. The summed E-state index contributed by atoms with van der Waals surface area (Å²) in [7, 11) is 1.81.